The molecule has 3 aromatic rings. The highest BCUT2D eigenvalue weighted by Gasteiger charge is 2.25. The first-order valence-electron chi connectivity index (χ1n) is 7.96. The lowest BCUT2D eigenvalue weighted by atomic mass is 10.0. The van der Waals surface area contributed by atoms with Crippen LogP contribution in [0.3, 0.4) is 0 Å². The van der Waals surface area contributed by atoms with Gasteiger partial charge >= 0.3 is 0 Å². The third-order valence-electron chi connectivity index (χ3n) is 4.25. The minimum Gasteiger partial charge on any atom is -0.497 e. The molecule has 0 radical (unpaired) electrons. The molecule has 126 valence electrons. The van der Waals surface area contributed by atoms with Crippen molar-refractivity contribution in [1.82, 2.24) is 14.8 Å². The van der Waals surface area contributed by atoms with E-state index >= 15 is 0 Å². The van der Waals surface area contributed by atoms with E-state index in [0.717, 1.165) is 28.3 Å². The topological polar surface area (TPSA) is 61.2 Å². The fourth-order valence-electron chi connectivity index (χ4n) is 3.00. The number of benzene rings is 2. The molecule has 6 nitrogen and oxygen atoms in total. The number of methoxy groups -OCH3 is 2. The molecule has 6 heteroatoms. The van der Waals surface area contributed by atoms with Crippen molar-refractivity contribution in [3.63, 3.8) is 0 Å². The summed E-state index contributed by atoms with van der Waals surface area (Å²) < 4.78 is 12.7. The molecule has 0 amide bonds. The molecule has 2 aromatic carbocycles. The van der Waals surface area contributed by atoms with Gasteiger partial charge in [-0.15, -0.1) is 0 Å². The Morgan fingerprint density at radius 3 is 2.64 bits per heavy atom. The fraction of sp³-hybridized carbons (Fsp3) is 0.158. The number of hydrogen-bond acceptors (Lipinski definition) is 5. The average Bonchev–Trinajstić information content (AvgIpc) is 3.16. The number of aromatic nitrogens is 3. The summed E-state index contributed by atoms with van der Waals surface area (Å²) in [6.07, 6.45) is 3.68. The van der Waals surface area contributed by atoms with Crippen LogP contribution in [-0.4, -0.2) is 29.0 Å². The Balaban J connectivity index is 1.84. The summed E-state index contributed by atoms with van der Waals surface area (Å²) in [5.74, 6) is 2.20. The first-order chi connectivity index (χ1) is 12.3. The van der Waals surface area contributed by atoms with E-state index in [1.165, 1.54) is 0 Å². The van der Waals surface area contributed by atoms with Gasteiger partial charge in [-0.3, -0.25) is 0 Å². The van der Waals surface area contributed by atoms with Gasteiger partial charge in [0.2, 0.25) is 5.95 Å². The van der Waals surface area contributed by atoms with Crippen molar-refractivity contribution < 1.29 is 9.47 Å². The molecule has 0 saturated carbocycles. The molecule has 0 saturated heterocycles. The first kappa shape index (κ1) is 15.3. The second kappa shape index (κ2) is 6.32. The SMILES string of the molecule is COc1ccc([C@H]2C=C(c3ccccc3)Nc3ncnn32)c(OC)c1. The Hall–Kier alpha value is -3.28. The molecule has 1 atom stereocenters. The van der Waals surface area contributed by atoms with Crippen molar-refractivity contribution in [2.45, 2.75) is 6.04 Å². The first-order valence-corrected chi connectivity index (χ1v) is 7.96. The average molecular weight is 334 g/mol. The number of anilines is 1. The number of fused-ring (bicyclic) bond motifs is 1. The predicted molar refractivity (Wildman–Crippen MR) is 95.7 cm³/mol. The summed E-state index contributed by atoms with van der Waals surface area (Å²) in [6, 6.07) is 15.8. The summed E-state index contributed by atoms with van der Waals surface area (Å²) >= 11 is 0. The summed E-state index contributed by atoms with van der Waals surface area (Å²) in [4.78, 5) is 4.33. The van der Waals surface area contributed by atoms with Gasteiger partial charge < -0.3 is 14.8 Å². The zero-order chi connectivity index (χ0) is 17.2. The predicted octanol–water partition coefficient (Wildman–Crippen LogP) is 3.35. The van der Waals surface area contributed by atoms with Gasteiger partial charge in [0.15, 0.2) is 0 Å². The van der Waals surface area contributed by atoms with Crippen LogP contribution >= 0.6 is 0 Å². The quantitative estimate of drug-likeness (QED) is 0.793. The zero-order valence-electron chi connectivity index (χ0n) is 14.0. The van der Waals surface area contributed by atoms with Gasteiger partial charge in [0.25, 0.3) is 0 Å². The molecular weight excluding hydrogens is 316 g/mol. The Morgan fingerprint density at radius 1 is 1.04 bits per heavy atom. The number of rotatable bonds is 4. The Labute approximate surface area is 145 Å². The number of hydrogen-bond donors (Lipinski definition) is 1. The molecule has 1 N–H and O–H groups in total. The van der Waals surface area contributed by atoms with Crippen molar-refractivity contribution in [3.8, 4) is 11.5 Å². The van der Waals surface area contributed by atoms with Crippen LogP contribution in [0.2, 0.25) is 0 Å². The summed E-state index contributed by atoms with van der Waals surface area (Å²) in [6.45, 7) is 0. The van der Waals surface area contributed by atoms with E-state index in [1.807, 2.05) is 41.1 Å². The maximum Gasteiger partial charge on any atom is 0.226 e. The second-order valence-electron chi connectivity index (χ2n) is 5.65. The highest BCUT2D eigenvalue weighted by atomic mass is 16.5. The fourth-order valence-corrected chi connectivity index (χ4v) is 3.00. The third kappa shape index (κ3) is 2.71. The minimum atomic E-state index is -0.130. The van der Waals surface area contributed by atoms with Crippen molar-refractivity contribution in [3.05, 3.63) is 72.1 Å². The molecule has 0 unspecified atom stereocenters. The summed E-state index contributed by atoms with van der Waals surface area (Å²) in [5, 5.41) is 7.71. The molecule has 4 rings (SSSR count). The van der Waals surface area contributed by atoms with Crippen LogP contribution in [0, 0.1) is 0 Å². The third-order valence-corrected chi connectivity index (χ3v) is 4.25. The van der Waals surface area contributed by atoms with Crippen LogP contribution in [-0.2, 0) is 0 Å². The van der Waals surface area contributed by atoms with Gasteiger partial charge in [-0.25, -0.2) is 4.68 Å². The highest BCUT2D eigenvalue weighted by Crippen LogP contribution is 2.37. The Kier molecular flexibility index (Phi) is 3.85. The van der Waals surface area contributed by atoms with E-state index < -0.39 is 0 Å². The van der Waals surface area contributed by atoms with Crippen molar-refractivity contribution in [1.29, 1.82) is 0 Å². The lowest BCUT2D eigenvalue weighted by Gasteiger charge is -2.25. The van der Waals surface area contributed by atoms with Crippen LogP contribution in [0.25, 0.3) is 5.70 Å². The van der Waals surface area contributed by atoms with Crippen LogP contribution in [0.4, 0.5) is 5.95 Å². The van der Waals surface area contributed by atoms with E-state index in [1.54, 1.807) is 20.5 Å². The molecular formula is C19H18N4O2. The molecule has 1 aliphatic heterocycles. The smallest absolute Gasteiger partial charge is 0.226 e. The maximum absolute atomic E-state index is 5.58. The van der Waals surface area contributed by atoms with E-state index in [4.69, 9.17) is 9.47 Å². The standard InChI is InChI=1S/C19H18N4O2/c1-24-14-8-9-15(18(10-14)25-2)17-11-16(13-6-4-3-5-7-13)22-19-20-12-21-23(17)19/h3-12,17H,1-2H3,(H,20,21,22)/t17-/m1/s1. The van der Waals surface area contributed by atoms with Crippen molar-refractivity contribution in [2.24, 2.45) is 0 Å². The lowest BCUT2D eigenvalue weighted by molar-refractivity contribution is 0.387. The normalized spacial score (nSPS) is 15.8. The number of nitrogens with one attached hydrogen (secondary N) is 1. The van der Waals surface area contributed by atoms with Gasteiger partial charge in [-0.05, 0) is 23.8 Å². The lowest BCUT2D eigenvalue weighted by Crippen LogP contribution is -2.20. The molecule has 0 aliphatic carbocycles. The van der Waals surface area contributed by atoms with E-state index in [9.17, 15) is 0 Å². The van der Waals surface area contributed by atoms with E-state index in [2.05, 4.69) is 33.6 Å². The number of ether oxygens (including phenoxy) is 2. The molecule has 1 aromatic heterocycles. The van der Waals surface area contributed by atoms with E-state index in [0.29, 0.717) is 5.95 Å². The zero-order valence-corrected chi connectivity index (χ0v) is 14.0. The molecule has 0 fully saturated rings. The van der Waals surface area contributed by atoms with Gasteiger partial charge in [0.1, 0.15) is 23.9 Å². The number of nitrogens with zero attached hydrogens (tertiary/aromatic N) is 3. The van der Waals surface area contributed by atoms with E-state index in [-0.39, 0.29) is 6.04 Å². The van der Waals surface area contributed by atoms with Gasteiger partial charge in [0.05, 0.1) is 14.2 Å². The van der Waals surface area contributed by atoms with Crippen LogP contribution < -0.4 is 14.8 Å². The van der Waals surface area contributed by atoms with Crippen molar-refractivity contribution in [2.75, 3.05) is 19.5 Å². The Bertz CT molecular complexity index is 918. The maximum atomic E-state index is 5.58. The van der Waals surface area contributed by atoms with Gasteiger partial charge in [-0.1, -0.05) is 30.3 Å². The van der Waals surface area contributed by atoms with Crippen LogP contribution in [0.5, 0.6) is 11.5 Å². The highest BCUT2D eigenvalue weighted by molar-refractivity contribution is 5.77. The van der Waals surface area contributed by atoms with Crippen LogP contribution in [0.1, 0.15) is 17.2 Å². The molecule has 2 heterocycles. The molecule has 0 bridgehead atoms. The molecule has 1 aliphatic rings. The monoisotopic (exact) mass is 334 g/mol. The van der Waals surface area contributed by atoms with Crippen LogP contribution in [0.15, 0.2) is 60.9 Å². The molecule has 0 spiro atoms. The minimum absolute atomic E-state index is 0.130. The van der Waals surface area contributed by atoms with Gasteiger partial charge in [-0.2, -0.15) is 10.1 Å². The van der Waals surface area contributed by atoms with Crippen molar-refractivity contribution >= 4 is 11.6 Å². The van der Waals surface area contributed by atoms with Gasteiger partial charge in [0, 0.05) is 17.3 Å². The summed E-state index contributed by atoms with van der Waals surface area (Å²) in [5.41, 5.74) is 3.07. The molecule has 25 heavy (non-hydrogen) atoms. The number of allylic oxidation sites excluding steroid dienone is 1. The second-order valence-corrected chi connectivity index (χ2v) is 5.65. The largest absolute Gasteiger partial charge is 0.497 e. The summed E-state index contributed by atoms with van der Waals surface area (Å²) in [7, 11) is 3.30. The Morgan fingerprint density at radius 2 is 1.88 bits per heavy atom.